The highest BCUT2D eigenvalue weighted by Crippen LogP contribution is 2.29. The minimum atomic E-state index is 0.370. The molecule has 0 bridgehead atoms. The molecular formula is C25H26N2O. The summed E-state index contributed by atoms with van der Waals surface area (Å²) in [5.41, 5.74) is 14.1. The third-order valence-electron chi connectivity index (χ3n) is 5.51. The monoisotopic (exact) mass is 370 g/mol. The van der Waals surface area contributed by atoms with Gasteiger partial charge in [-0.1, -0.05) is 48.5 Å². The molecule has 28 heavy (non-hydrogen) atoms. The standard InChI is InChI=1S/C25H26N2O/c1-17-8-12-23(26)22-14-18(2)27(25(17)22)16-20-10-13-24(28)21(15-20)11-9-19-6-4-3-5-7-19/h3-8,10,12-15,28H,9,11,16,26H2,1-2H3. The molecule has 0 aliphatic heterocycles. The summed E-state index contributed by atoms with van der Waals surface area (Å²) in [6, 6.07) is 22.6. The first-order chi connectivity index (χ1) is 13.5. The van der Waals surface area contributed by atoms with Crippen LogP contribution in [0.4, 0.5) is 5.69 Å². The number of nitrogen functional groups attached to an aromatic ring is 1. The summed E-state index contributed by atoms with van der Waals surface area (Å²) in [7, 11) is 0. The van der Waals surface area contributed by atoms with E-state index in [0.717, 1.165) is 36.0 Å². The second-order valence-corrected chi connectivity index (χ2v) is 7.55. The van der Waals surface area contributed by atoms with Gasteiger partial charge in [0.2, 0.25) is 0 Å². The SMILES string of the molecule is Cc1ccc(N)c2cc(C)n(Cc3ccc(O)c(CCc4ccccc4)c3)c12. The number of anilines is 1. The molecule has 0 saturated heterocycles. The van der Waals surface area contributed by atoms with E-state index in [1.807, 2.05) is 24.3 Å². The van der Waals surface area contributed by atoms with Gasteiger partial charge in [-0.05, 0) is 67.1 Å². The molecule has 0 aliphatic rings. The summed E-state index contributed by atoms with van der Waals surface area (Å²) in [5.74, 6) is 0.370. The highest BCUT2D eigenvalue weighted by atomic mass is 16.3. The predicted molar refractivity (Wildman–Crippen MR) is 117 cm³/mol. The van der Waals surface area contributed by atoms with Gasteiger partial charge in [0.15, 0.2) is 0 Å². The minimum absolute atomic E-state index is 0.370. The number of aryl methyl sites for hydroxylation is 4. The Morgan fingerprint density at radius 3 is 2.43 bits per heavy atom. The summed E-state index contributed by atoms with van der Waals surface area (Å²) in [6.07, 6.45) is 1.74. The molecule has 1 aromatic heterocycles. The molecule has 3 N–H and O–H groups in total. The number of rotatable bonds is 5. The van der Waals surface area contributed by atoms with Crippen molar-refractivity contribution in [3.05, 3.63) is 94.7 Å². The van der Waals surface area contributed by atoms with Gasteiger partial charge in [-0.2, -0.15) is 0 Å². The highest BCUT2D eigenvalue weighted by Gasteiger charge is 2.12. The molecule has 0 amide bonds. The van der Waals surface area contributed by atoms with E-state index in [-0.39, 0.29) is 0 Å². The Morgan fingerprint density at radius 2 is 1.64 bits per heavy atom. The Kier molecular flexibility index (Phi) is 4.82. The van der Waals surface area contributed by atoms with E-state index in [1.54, 1.807) is 0 Å². The van der Waals surface area contributed by atoms with Crippen molar-refractivity contribution in [1.29, 1.82) is 0 Å². The van der Waals surface area contributed by atoms with Crippen LogP contribution in [0.15, 0.2) is 66.7 Å². The van der Waals surface area contributed by atoms with Gasteiger partial charge in [-0.25, -0.2) is 0 Å². The number of phenols is 1. The first-order valence-electron chi connectivity index (χ1n) is 9.72. The van der Waals surface area contributed by atoms with Gasteiger partial charge in [0.1, 0.15) is 5.75 Å². The average molecular weight is 370 g/mol. The number of phenolic OH excluding ortho intramolecular Hbond substituents is 1. The van der Waals surface area contributed by atoms with E-state index < -0.39 is 0 Å². The van der Waals surface area contributed by atoms with Crippen LogP contribution in [-0.4, -0.2) is 9.67 Å². The number of hydrogen-bond donors (Lipinski definition) is 2. The molecular weight excluding hydrogens is 344 g/mol. The molecule has 0 aliphatic carbocycles. The zero-order chi connectivity index (χ0) is 19.7. The fourth-order valence-electron chi connectivity index (χ4n) is 3.95. The van der Waals surface area contributed by atoms with E-state index >= 15 is 0 Å². The predicted octanol–water partition coefficient (Wildman–Crippen LogP) is 5.38. The Morgan fingerprint density at radius 1 is 0.857 bits per heavy atom. The molecule has 1 heterocycles. The van der Waals surface area contributed by atoms with Gasteiger partial charge >= 0.3 is 0 Å². The lowest BCUT2D eigenvalue weighted by atomic mass is 10.0. The Hall–Kier alpha value is -3.20. The summed E-state index contributed by atoms with van der Waals surface area (Å²) >= 11 is 0. The van der Waals surface area contributed by atoms with Crippen molar-refractivity contribution in [2.75, 3.05) is 5.73 Å². The topological polar surface area (TPSA) is 51.2 Å². The minimum Gasteiger partial charge on any atom is -0.508 e. The molecule has 3 heteroatoms. The van der Waals surface area contributed by atoms with E-state index in [1.165, 1.54) is 27.9 Å². The number of fused-ring (bicyclic) bond motifs is 1. The third kappa shape index (κ3) is 3.48. The largest absolute Gasteiger partial charge is 0.508 e. The lowest BCUT2D eigenvalue weighted by molar-refractivity contribution is 0.467. The van der Waals surface area contributed by atoms with Crippen LogP contribution in [-0.2, 0) is 19.4 Å². The summed E-state index contributed by atoms with van der Waals surface area (Å²) in [6.45, 7) is 5.01. The molecule has 142 valence electrons. The fourth-order valence-corrected chi connectivity index (χ4v) is 3.95. The van der Waals surface area contributed by atoms with E-state index in [2.05, 4.69) is 60.9 Å². The second-order valence-electron chi connectivity index (χ2n) is 7.55. The van der Waals surface area contributed by atoms with Crippen molar-refractivity contribution in [2.24, 2.45) is 0 Å². The van der Waals surface area contributed by atoms with Crippen LogP contribution in [0, 0.1) is 13.8 Å². The molecule has 0 unspecified atom stereocenters. The molecule has 0 spiro atoms. The van der Waals surface area contributed by atoms with Crippen LogP contribution in [0.3, 0.4) is 0 Å². The number of aromatic nitrogens is 1. The van der Waals surface area contributed by atoms with Crippen molar-refractivity contribution in [3.63, 3.8) is 0 Å². The smallest absolute Gasteiger partial charge is 0.118 e. The fraction of sp³-hybridized carbons (Fsp3) is 0.200. The van der Waals surface area contributed by atoms with Gasteiger partial charge in [0, 0.05) is 23.3 Å². The number of nitrogens with two attached hydrogens (primary N) is 1. The van der Waals surface area contributed by atoms with E-state index in [4.69, 9.17) is 5.73 Å². The quantitative estimate of drug-likeness (QED) is 0.463. The molecule has 3 aromatic carbocycles. The van der Waals surface area contributed by atoms with Gasteiger partial charge in [0.25, 0.3) is 0 Å². The van der Waals surface area contributed by atoms with Crippen LogP contribution in [0.1, 0.15) is 27.9 Å². The van der Waals surface area contributed by atoms with Crippen molar-refractivity contribution >= 4 is 16.6 Å². The van der Waals surface area contributed by atoms with Gasteiger partial charge in [-0.3, -0.25) is 0 Å². The molecule has 0 saturated carbocycles. The normalized spacial score (nSPS) is 11.2. The maximum atomic E-state index is 10.3. The van der Waals surface area contributed by atoms with E-state index in [9.17, 15) is 5.11 Å². The zero-order valence-electron chi connectivity index (χ0n) is 16.4. The third-order valence-corrected chi connectivity index (χ3v) is 5.51. The van der Waals surface area contributed by atoms with Crippen LogP contribution >= 0.6 is 0 Å². The average Bonchev–Trinajstić information content (AvgIpc) is 3.03. The lowest BCUT2D eigenvalue weighted by Crippen LogP contribution is -2.04. The number of nitrogens with zero attached hydrogens (tertiary/aromatic N) is 1. The van der Waals surface area contributed by atoms with Crippen molar-refractivity contribution in [2.45, 2.75) is 33.2 Å². The van der Waals surface area contributed by atoms with Crippen molar-refractivity contribution in [3.8, 4) is 5.75 Å². The van der Waals surface area contributed by atoms with Crippen LogP contribution in [0.2, 0.25) is 0 Å². The maximum absolute atomic E-state index is 10.3. The Labute approximate surface area is 166 Å². The molecule has 3 nitrogen and oxygen atoms in total. The van der Waals surface area contributed by atoms with Crippen LogP contribution in [0.5, 0.6) is 5.75 Å². The van der Waals surface area contributed by atoms with Gasteiger partial charge < -0.3 is 15.4 Å². The summed E-state index contributed by atoms with van der Waals surface area (Å²) in [5, 5.41) is 11.4. The van der Waals surface area contributed by atoms with Crippen molar-refractivity contribution in [1.82, 2.24) is 4.57 Å². The van der Waals surface area contributed by atoms with Crippen LogP contribution < -0.4 is 5.73 Å². The second kappa shape index (κ2) is 7.43. The van der Waals surface area contributed by atoms with Crippen molar-refractivity contribution < 1.29 is 5.11 Å². The van der Waals surface area contributed by atoms with Crippen LogP contribution in [0.25, 0.3) is 10.9 Å². The highest BCUT2D eigenvalue weighted by molar-refractivity contribution is 5.94. The van der Waals surface area contributed by atoms with Gasteiger partial charge in [0.05, 0.1) is 5.52 Å². The maximum Gasteiger partial charge on any atom is 0.118 e. The molecule has 0 atom stereocenters. The summed E-state index contributed by atoms with van der Waals surface area (Å²) in [4.78, 5) is 0. The number of aromatic hydroxyl groups is 1. The van der Waals surface area contributed by atoms with E-state index in [0.29, 0.717) is 5.75 Å². The first-order valence-corrected chi connectivity index (χ1v) is 9.72. The zero-order valence-corrected chi connectivity index (χ0v) is 16.4. The number of hydrogen-bond acceptors (Lipinski definition) is 2. The molecule has 0 fully saturated rings. The Balaban J connectivity index is 1.63. The lowest BCUT2D eigenvalue weighted by Gasteiger charge is -2.13. The molecule has 4 aromatic rings. The molecule has 4 rings (SSSR count). The van der Waals surface area contributed by atoms with Gasteiger partial charge in [-0.15, -0.1) is 0 Å². The summed E-state index contributed by atoms with van der Waals surface area (Å²) < 4.78 is 2.31. The first kappa shape index (κ1) is 18.2. The number of benzene rings is 3. The Bertz CT molecular complexity index is 1130. The molecule has 0 radical (unpaired) electrons.